The van der Waals surface area contributed by atoms with Crippen LogP contribution in [0.4, 0.5) is 4.79 Å². The Hall–Kier alpha value is -2.76. The molecule has 0 saturated heterocycles. The summed E-state index contributed by atoms with van der Waals surface area (Å²) in [5.74, 6) is -0.383. The van der Waals surface area contributed by atoms with E-state index in [1.165, 1.54) is 0 Å². The van der Waals surface area contributed by atoms with Gasteiger partial charge in [0.25, 0.3) is 0 Å². The summed E-state index contributed by atoms with van der Waals surface area (Å²) in [6.07, 6.45) is 3.86. The molecule has 0 aliphatic heterocycles. The molecule has 0 spiro atoms. The van der Waals surface area contributed by atoms with Crippen molar-refractivity contribution in [1.29, 1.82) is 0 Å². The topological polar surface area (TPSA) is 69.6 Å². The number of hydrogen-bond donors (Lipinski definition) is 1. The van der Waals surface area contributed by atoms with Gasteiger partial charge in [-0.15, -0.1) is 0 Å². The number of nitrogens with one attached hydrogen (secondary N) is 1. The van der Waals surface area contributed by atoms with E-state index in [4.69, 9.17) is 9.47 Å². The highest BCUT2D eigenvalue weighted by molar-refractivity contribution is 5.90. The number of aromatic nitrogens is 1. The molecule has 6 nitrogen and oxygen atoms in total. The van der Waals surface area contributed by atoms with Crippen LogP contribution < -0.4 is 5.32 Å². The van der Waals surface area contributed by atoms with Crippen LogP contribution in [0.25, 0.3) is 5.69 Å². The number of benzene rings is 1. The Kier molecular flexibility index (Phi) is 6.22. The van der Waals surface area contributed by atoms with Crippen molar-refractivity contribution in [2.75, 3.05) is 13.2 Å². The van der Waals surface area contributed by atoms with Crippen LogP contribution in [0.15, 0.2) is 48.8 Å². The van der Waals surface area contributed by atoms with Crippen molar-refractivity contribution >= 4 is 12.1 Å². The number of hydrogen-bond acceptors (Lipinski definition) is 4. The van der Waals surface area contributed by atoms with Gasteiger partial charge in [-0.3, -0.25) is 0 Å². The van der Waals surface area contributed by atoms with Crippen molar-refractivity contribution in [2.45, 2.75) is 32.8 Å². The first-order chi connectivity index (χ1) is 11.8. The van der Waals surface area contributed by atoms with E-state index in [2.05, 4.69) is 5.32 Å². The average Bonchev–Trinajstić information content (AvgIpc) is 3.07. The first kappa shape index (κ1) is 18.6. The minimum atomic E-state index is -0.527. The molecule has 1 N–H and O–H groups in total. The van der Waals surface area contributed by atoms with E-state index < -0.39 is 11.7 Å². The van der Waals surface area contributed by atoms with E-state index in [0.717, 1.165) is 5.69 Å². The van der Waals surface area contributed by atoms with Crippen LogP contribution >= 0.6 is 0 Å². The molecule has 134 valence electrons. The van der Waals surface area contributed by atoms with Crippen LogP contribution in [0, 0.1) is 0 Å². The van der Waals surface area contributed by atoms with Gasteiger partial charge in [-0.2, -0.15) is 0 Å². The molecule has 0 saturated carbocycles. The molecule has 0 atom stereocenters. The van der Waals surface area contributed by atoms with Crippen molar-refractivity contribution in [3.8, 4) is 5.69 Å². The second kappa shape index (κ2) is 8.37. The van der Waals surface area contributed by atoms with Crippen molar-refractivity contribution in [2.24, 2.45) is 0 Å². The Morgan fingerprint density at radius 2 is 1.84 bits per heavy atom. The molecule has 25 heavy (non-hydrogen) atoms. The minimum absolute atomic E-state index is 0.225. The molecular weight excluding hydrogens is 320 g/mol. The summed E-state index contributed by atoms with van der Waals surface area (Å²) in [4.78, 5) is 23.6. The predicted molar refractivity (Wildman–Crippen MR) is 94.9 cm³/mol. The van der Waals surface area contributed by atoms with Crippen LogP contribution in [0.5, 0.6) is 0 Å². The number of ether oxygens (including phenoxy) is 2. The second-order valence-corrected chi connectivity index (χ2v) is 6.56. The molecule has 0 aliphatic carbocycles. The zero-order chi connectivity index (χ0) is 18.3. The van der Waals surface area contributed by atoms with Crippen LogP contribution in [-0.4, -0.2) is 35.4 Å². The quantitative estimate of drug-likeness (QED) is 0.643. The molecule has 0 unspecified atom stereocenters. The third-order valence-corrected chi connectivity index (χ3v) is 3.21. The van der Waals surface area contributed by atoms with Gasteiger partial charge in [0, 0.05) is 24.6 Å². The number of carbonyl (C=O) groups excluding carboxylic acids is 2. The van der Waals surface area contributed by atoms with E-state index in [1.807, 2.05) is 41.2 Å². The third kappa shape index (κ3) is 6.33. The van der Waals surface area contributed by atoms with E-state index in [0.29, 0.717) is 18.5 Å². The molecule has 0 fully saturated rings. The van der Waals surface area contributed by atoms with E-state index >= 15 is 0 Å². The van der Waals surface area contributed by atoms with Gasteiger partial charge in [0.2, 0.25) is 0 Å². The molecule has 1 aromatic carbocycles. The highest BCUT2D eigenvalue weighted by Crippen LogP contribution is 2.12. The minimum Gasteiger partial charge on any atom is -0.462 e. The molecule has 0 aliphatic rings. The smallest absolute Gasteiger partial charge is 0.407 e. The third-order valence-electron chi connectivity index (χ3n) is 3.21. The standard InChI is InChI=1S/C19H24N2O4/c1-19(2,3)25-18(23)20-10-7-13-24-17(22)15-8-6-9-16(14-15)21-11-4-5-12-21/h4-6,8-9,11-12,14H,7,10,13H2,1-3H3,(H,20,23). The Morgan fingerprint density at radius 3 is 2.52 bits per heavy atom. The number of rotatable bonds is 6. The lowest BCUT2D eigenvalue weighted by Crippen LogP contribution is -2.33. The lowest BCUT2D eigenvalue weighted by atomic mass is 10.2. The lowest BCUT2D eigenvalue weighted by Gasteiger charge is -2.19. The van der Waals surface area contributed by atoms with Gasteiger partial charge >= 0.3 is 12.1 Å². The number of amides is 1. The van der Waals surface area contributed by atoms with Gasteiger partial charge in [0.1, 0.15) is 5.60 Å². The summed E-state index contributed by atoms with van der Waals surface area (Å²) in [7, 11) is 0. The summed E-state index contributed by atoms with van der Waals surface area (Å²) in [6, 6.07) is 11.1. The maximum Gasteiger partial charge on any atom is 0.407 e. The predicted octanol–water partition coefficient (Wildman–Crippen LogP) is 3.55. The number of esters is 1. The first-order valence-electron chi connectivity index (χ1n) is 8.22. The van der Waals surface area contributed by atoms with Gasteiger partial charge in [0.15, 0.2) is 0 Å². The number of carbonyl (C=O) groups is 2. The van der Waals surface area contributed by atoms with E-state index in [9.17, 15) is 9.59 Å². The fourth-order valence-electron chi connectivity index (χ4n) is 2.13. The number of nitrogens with zero attached hydrogens (tertiary/aromatic N) is 1. The van der Waals surface area contributed by atoms with E-state index in [-0.39, 0.29) is 12.6 Å². The van der Waals surface area contributed by atoms with Crippen molar-refractivity contribution in [1.82, 2.24) is 9.88 Å². The van der Waals surface area contributed by atoms with Crippen molar-refractivity contribution < 1.29 is 19.1 Å². The zero-order valence-corrected chi connectivity index (χ0v) is 14.8. The average molecular weight is 344 g/mol. The summed E-state index contributed by atoms with van der Waals surface area (Å²) < 4.78 is 12.3. The van der Waals surface area contributed by atoms with Crippen LogP contribution in [-0.2, 0) is 9.47 Å². The molecule has 0 radical (unpaired) electrons. The fourth-order valence-corrected chi connectivity index (χ4v) is 2.13. The maximum absolute atomic E-state index is 12.1. The normalized spacial score (nSPS) is 11.0. The molecule has 1 amide bonds. The van der Waals surface area contributed by atoms with E-state index in [1.54, 1.807) is 32.9 Å². The van der Waals surface area contributed by atoms with Gasteiger partial charge in [0.05, 0.1) is 12.2 Å². The Labute approximate surface area is 147 Å². The second-order valence-electron chi connectivity index (χ2n) is 6.56. The highest BCUT2D eigenvalue weighted by Gasteiger charge is 2.15. The summed E-state index contributed by atoms with van der Waals surface area (Å²) in [5, 5.41) is 2.62. The maximum atomic E-state index is 12.1. The van der Waals surface area contributed by atoms with Crippen LogP contribution in [0.3, 0.4) is 0 Å². The molecular formula is C19H24N2O4. The zero-order valence-electron chi connectivity index (χ0n) is 14.8. The van der Waals surface area contributed by atoms with Crippen molar-refractivity contribution in [3.05, 3.63) is 54.4 Å². The molecule has 6 heteroatoms. The van der Waals surface area contributed by atoms with Crippen molar-refractivity contribution in [3.63, 3.8) is 0 Å². The summed E-state index contributed by atoms with van der Waals surface area (Å²) in [6.45, 7) is 6.01. The molecule has 2 rings (SSSR count). The molecule has 0 bridgehead atoms. The highest BCUT2D eigenvalue weighted by atomic mass is 16.6. The lowest BCUT2D eigenvalue weighted by molar-refractivity contribution is 0.0483. The van der Waals surface area contributed by atoms with Crippen LogP contribution in [0.2, 0.25) is 0 Å². The summed E-state index contributed by atoms with van der Waals surface area (Å²) >= 11 is 0. The van der Waals surface area contributed by atoms with Gasteiger partial charge in [-0.1, -0.05) is 6.07 Å². The number of alkyl carbamates (subject to hydrolysis) is 1. The van der Waals surface area contributed by atoms with Gasteiger partial charge in [-0.05, 0) is 57.5 Å². The Morgan fingerprint density at radius 1 is 1.12 bits per heavy atom. The molecule has 1 heterocycles. The SMILES string of the molecule is CC(C)(C)OC(=O)NCCCOC(=O)c1cccc(-n2cccc2)c1. The van der Waals surface area contributed by atoms with Gasteiger partial charge < -0.3 is 19.4 Å². The Bertz CT molecular complexity index is 702. The fraction of sp³-hybridized carbons (Fsp3) is 0.368. The molecule has 2 aromatic rings. The summed E-state index contributed by atoms with van der Waals surface area (Å²) in [5.41, 5.74) is 0.860. The molecule has 1 aromatic heterocycles. The monoisotopic (exact) mass is 344 g/mol. The van der Waals surface area contributed by atoms with Crippen LogP contribution in [0.1, 0.15) is 37.6 Å². The van der Waals surface area contributed by atoms with Gasteiger partial charge in [-0.25, -0.2) is 9.59 Å². The Balaban J connectivity index is 1.74. The first-order valence-corrected chi connectivity index (χ1v) is 8.22. The largest absolute Gasteiger partial charge is 0.462 e.